The lowest BCUT2D eigenvalue weighted by Gasteiger charge is -2.27. The molecule has 0 aliphatic carbocycles. The molecule has 12 nitrogen and oxygen atoms in total. The number of thiophene rings is 2. The molecule has 0 aliphatic heterocycles. The summed E-state index contributed by atoms with van der Waals surface area (Å²) < 4.78 is 22.9. The summed E-state index contributed by atoms with van der Waals surface area (Å²) in [5.41, 5.74) is 24.2. The monoisotopic (exact) mass is 1820 g/mol. The lowest BCUT2D eigenvalue weighted by molar-refractivity contribution is 1.02. The van der Waals surface area contributed by atoms with Crippen LogP contribution in [0.25, 0.3) is 260 Å². The van der Waals surface area contributed by atoms with Gasteiger partial charge in [-0.15, -0.1) is 22.7 Å². The molecular formula is C126H72N12S2. The van der Waals surface area contributed by atoms with Crippen molar-refractivity contribution in [3.63, 3.8) is 0 Å². The van der Waals surface area contributed by atoms with Crippen LogP contribution in [-0.2, 0) is 0 Å². The van der Waals surface area contributed by atoms with Gasteiger partial charge in [0.05, 0.1) is 143 Å². The van der Waals surface area contributed by atoms with Crippen molar-refractivity contribution in [2.45, 2.75) is 13.8 Å². The summed E-state index contributed by atoms with van der Waals surface area (Å²) in [6.45, 7) is 4.28. The molecule has 648 valence electrons. The van der Waals surface area contributed by atoms with Gasteiger partial charge in [-0.3, -0.25) is 0 Å². The molecule has 0 unspecified atom stereocenters. The Morgan fingerprint density at radius 2 is 0.336 bits per heavy atom. The van der Waals surface area contributed by atoms with Gasteiger partial charge in [-0.1, -0.05) is 302 Å². The highest BCUT2D eigenvalue weighted by atomic mass is 32.1. The summed E-state index contributed by atoms with van der Waals surface area (Å²) in [4.78, 5) is 0. The number of aromatic nitrogens is 8. The van der Waals surface area contributed by atoms with Crippen LogP contribution >= 0.6 is 22.7 Å². The molecule has 0 amide bonds. The van der Waals surface area contributed by atoms with Gasteiger partial charge in [-0.25, -0.2) is 0 Å². The summed E-state index contributed by atoms with van der Waals surface area (Å²) in [7, 11) is 0. The van der Waals surface area contributed by atoms with E-state index in [1.807, 2.05) is 0 Å². The van der Waals surface area contributed by atoms with E-state index in [2.05, 4.69) is 475 Å². The van der Waals surface area contributed by atoms with Gasteiger partial charge in [0.25, 0.3) is 0 Å². The third-order valence-electron chi connectivity index (χ3n) is 29.4. The molecule has 0 fully saturated rings. The summed E-state index contributed by atoms with van der Waals surface area (Å²) in [5, 5.41) is 72.1. The Bertz CT molecular complexity index is 10100. The van der Waals surface area contributed by atoms with Gasteiger partial charge in [0, 0.05) is 117 Å². The minimum absolute atomic E-state index is 0.439. The standard InChI is InChI=1S/2C63H36N6S/c2*1-37-30-33-56-47(34-37)45-31-32-46-44-22-8-15-29-57(44)70-63(46)62(45)69(56)61-49(36-65)59(67-52-25-11-4-18-40(52)41-19-5-12-26-53(41)67)58(66-50-23-9-2-16-38(50)39-17-3-10-24-51(39)66)48(35-64)60(61)68-54-27-13-6-20-42(54)43-21-7-14-28-55(43)68/h2*2-34H,1H3. The first-order valence-corrected chi connectivity index (χ1v) is 48.6. The lowest BCUT2D eigenvalue weighted by Crippen LogP contribution is -2.16. The summed E-state index contributed by atoms with van der Waals surface area (Å²) >= 11 is 3.55. The van der Waals surface area contributed by atoms with Crippen LogP contribution in [-0.4, -0.2) is 36.5 Å². The van der Waals surface area contributed by atoms with E-state index < -0.39 is 0 Å². The van der Waals surface area contributed by atoms with E-state index in [1.165, 1.54) is 20.2 Å². The molecule has 10 aromatic heterocycles. The van der Waals surface area contributed by atoms with Crippen LogP contribution in [0.3, 0.4) is 0 Å². The SMILES string of the molecule is Cc1ccc2c(c1)c1ccc3c4ccccc4sc3c1n2-c1c(C#N)c(-n2c3ccccc3c3ccccc32)c(-n2c3ccccc3c3ccccc32)c(C#N)c1-n1c2ccccc2c2ccccc21.Cc1ccc2c(c1)c1ccc3c4ccccc4sc3c1n2-c1c(C#N)c(-n2c3ccccc3c3ccccc32)c(-n2c3ccccc3c3ccccc32)c(C#N)c1-n1c2ccccc2c2ccccc21. The number of hydrogen-bond donors (Lipinski definition) is 0. The minimum atomic E-state index is 0.439. The number of para-hydroxylation sites is 12. The zero-order valence-corrected chi connectivity index (χ0v) is 76.9. The highest BCUT2D eigenvalue weighted by Gasteiger charge is 2.39. The molecule has 10 heterocycles. The highest BCUT2D eigenvalue weighted by molar-refractivity contribution is 7.27. The van der Waals surface area contributed by atoms with Crippen molar-refractivity contribution in [3.05, 3.63) is 434 Å². The number of fused-ring (bicyclic) bond motifs is 32. The van der Waals surface area contributed by atoms with Gasteiger partial charge >= 0.3 is 0 Å². The van der Waals surface area contributed by atoms with Gasteiger partial charge < -0.3 is 36.5 Å². The maximum absolute atomic E-state index is 12.6. The zero-order chi connectivity index (χ0) is 92.7. The van der Waals surface area contributed by atoms with Gasteiger partial charge in [0.2, 0.25) is 0 Å². The quantitative estimate of drug-likeness (QED) is 0.150. The zero-order valence-electron chi connectivity index (χ0n) is 75.3. The second kappa shape index (κ2) is 29.8. The predicted molar refractivity (Wildman–Crippen MR) is 582 cm³/mol. The number of benzene rings is 20. The number of nitriles is 4. The summed E-state index contributed by atoms with van der Waals surface area (Å²) in [6, 6.07) is 153. The molecule has 0 spiro atoms. The van der Waals surface area contributed by atoms with Crippen molar-refractivity contribution in [3.8, 4) is 69.8 Å². The second-order valence-electron chi connectivity index (χ2n) is 36.5. The first-order chi connectivity index (χ1) is 69.2. The number of rotatable bonds is 8. The van der Waals surface area contributed by atoms with Crippen molar-refractivity contribution in [1.29, 1.82) is 21.0 Å². The third-order valence-corrected chi connectivity index (χ3v) is 31.7. The van der Waals surface area contributed by atoms with Crippen LogP contribution in [0.4, 0.5) is 0 Å². The molecule has 30 aromatic rings. The Balaban J connectivity index is 0.000000134. The molecule has 0 saturated carbocycles. The number of hydrogen-bond acceptors (Lipinski definition) is 6. The maximum atomic E-state index is 12.6. The van der Waals surface area contributed by atoms with E-state index in [9.17, 15) is 21.0 Å². The van der Waals surface area contributed by atoms with E-state index in [1.54, 1.807) is 22.7 Å². The first kappa shape index (κ1) is 78.7. The molecule has 0 bridgehead atoms. The van der Waals surface area contributed by atoms with E-state index in [0.717, 1.165) is 206 Å². The van der Waals surface area contributed by atoms with Crippen LogP contribution < -0.4 is 0 Å². The minimum Gasteiger partial charge on any atom is -0.306 e. The van der Waals surface area contributed by atoms with Crippen molar-refractivity contribution < 1.29 is 0 Å². The Kier molecular flexibility index (Phi) is 16.8. The third kappa shape index (κ3) is 10.7. The first-order valence-electron chi connectivity index (χ1n) is 47.0. The maximum Gasteiger partial charge on any atom is 0.104 e. The van der Waals surface area contributed by atoms with Gasteiger partial charge in [-0.05, 0) is 123 Å². The Labute approximate surface area is 806 Å². The molecule has 140 heavy (non-hydrogen) atoms. The average Bonchev–Trinajstić information content (AvgIpc) is 1.56. The van der Waals surface area contributed by atoms with Crippen molar-refractivity contribution in [1.82, 2.24) is 36.5 Å². The Morgan fingerprint density at radius 1 is 0.164 bits per heavy atom. The van der Waals surface area contributed by atoms with Crippen LogP contribution in [0.15, 0.2) is 400 Å². The topological polar surface area (TPSA) is 135 Å². The van der Waals surface area contributed by atoms with Gasteiger partial charge in [0.15, 0.2) is 0 Å². The van der Waals surface area contributed by atoms with Crippen LogP contribution in [0.2, 0.25) is 0 Å². The van der Waals surface area contributed by atoms with Gasteiger partial charge in [-0.2, -0.15) is 21.0 Å². The van der Waals surface area contributed by atoms with Crippen molar-refractivity contribution >= 4 is 237 Å². The van der Waals surface area contributed by atoms with Gasteiger partial charge in [0.1, 0.15) is 46.5 Å². The van der Waals surface area contributed by atoms with Crippen LogP contribution in [0.5, 0.6) is 0 Å². The molecule has 0 radical (unpaired) electrons. The molecule has 14 heteroatoms. The fourth-order valence-corrected chi connectivity index (χ4v) is 26.3. The number of nitrogens with zero attached hydrogens (tertiary/aromatic N) is 12. The van der Waals surface area contributed by atoms with E-state index in [-0.39, 0.29) is 0 Å². The van der Waals surface area contributed by atoms with Crippen molar-refractivity contribution in [2.24, 2.45) is 0 Å². The highest BCUT2D eigenvalue weighted by Crippen LogP contribution is 2.55. The van der Waals surface area contributed by atoms with E-state index in [0.29, 0.717) is 67.8 Å². The molecule has 0 N–H and O–H groups in total. The molecule has 20 aromatic carbocycles. The molecule has 0 atom stereocenters. The van der Waals surface area contributed by atoms with E-state index in [4.69, 9.17) is 0 Å². The molecule has 30 rings (SSSR count). The predicted octanol–water partition coefficient (Wildman–Crippen LogP) is 33.0. The van der Waals surface area contributed by atoms with Crippen LogP contribution in [0.1, 0.15) is 33.4 Å². The molecular weight excluding hydrogens is 1750 g/mol. The second-order valence-corrected chi connectivity index (χ2v) is 38.6. The Morgan fingerprint density at radius 3 is 0.543 bits per heavy atom. The average molecular weight is 1820 g/mol. The normalized spacial score (nSPS) is 12.0. The number of aryl methyl sites for hydroxylation is 2. The fraction of sp³-hybridized carbons (Fsp3) is 0.0159. The molecule has 0 aliphatic rings. The largest absolute Gasteiger partial charge is 0.306 e. The van der Waals surface area contributed by atoms with Crippen LogP contribution in [0, 0.1) is 59.2 Å². The Hall–Kier alpha value is -18.8. The van der Waals surface area contributed by atoms with Crippen molar-refractivity contribution in [2.75, 3.05) is 0 Å². The smallest absolute Gasteiger partial charge is 0.104 e. The summed E-state index contributed by atoms with van der Waals surface area (Å²) in [6.07, 6.45) is 0. The molecule has 0 saturated heterocycles. The fourth-order valence-electron chi connectivity index (χ4n) is 23.8. The lowest BCUT2D eigenvalue weighted by atomic mass is 9.98. The van der Waals surface area contributed by atoms with E-state index >= 15 is 0 Å². The summed E-state index contributed by atoms with van der Waals surface area (Å²) in [5.74, 6) is 0.